The van der Waals surface area contributed by atoms with Gasteiger partial charge in [0, 0.05) is 31.2 Å². The molecule has 1 aromatic heterocycles. The summed E-state index contributed by atoms with van der Waals surface area (Å²) < 4.78 is 5.24. The van der Waals surface area contributed by atoms with Crippen LogP contribution in [0.15, 0.2) is 30.6 Å². The second-order valence-electron chi connectivity index (χ2n) is 5.89. The van der Waals surface area contributed by atoms with Gasteiger partial charge in [-0.15, -0.1) is 0 Å². The zero-order valence-electron chi connectivity index (χ0n) is 15.4. The van der Waals surface area contributed by atoms with Crippen LogP contribution in [0, 0.1) is 0 Å². The molecule has 0 atom stereocenters. The molecule has 0 radical (unpaired) electrons. The predicted molar refractivity (Wildman–Crippen MR) is 104 cm³/mol. The van der Waals surface area contributed by atoms with Crippen LogP contribution in [0.3, 0.4) is 0 Å². The number of aromatic amines is 1. The van der Waals surface area contributed by atoms with Crippen LogP contribution in [-0.2, 0) is 22.6 Å². The van der Waals surface area contributed by atoms with Crippen molar-refractivity contribution < 1.29 is 29.3 Å². The number of ether oxygens (including phenoxy) is 1. The number of carboxylic acids is 2. The minimum absolute atomic E-state index is 0.131. The largest absolute Gasteiger partial charge is 0.496 e. The molecule has 5 N–H and O–H groups in total. The lowest BCUT2D eigenvalue weighted by molar-refractivity contribution is -0.134. The quantitative estimate of drug-likeness (QED) is 0.426. The van der Waals surface area contributed by atoms with Crippen molar-refractivity contribution >= 4 is 35.1 Å². The van der Waals surface area contributed by atoms with Crippen LogP contribution in [0.2, 0.25) is 5.02 Å². The highest BCUT2D eigenvalue weighted by molar-refractivity contribution is 6.33. The maximum atomic E-state index is 12.7. The molecule has 11 heteroatoms. The van der Waals surface area contributed by atoms with Gasteiger partial charge in [0.2, 0.25) is 0 Å². The van der Waals surface area contributed by atoms with Gasteiger partial charge in [-0.2, -0.15) is 0 Å². The number of carbonyl (C=O) groups excluding carboxylic acids is 1. The highest BCUT2D eigenvalue weighted by Crippen LogP contribution is 2.30. The number of anilines is 1. The average Bonchev–Trinajstić information content (AvgIpc) is 3.16. The first kappa shape index (κ1) is 21.8. The van der Waals surface area contributed by atoms with Crippen LogP contribution >= 0.6 is 11.6 Å². The molecule has 0 aliphatic carbocycles. The van der Waals surface area contributed by atoms with E-state index in [1.165, 1.54) is 7.11 Å². The molecule has 1 amide bonds. The van der Waals surface area contributed by atoms with E-state index in [-0.39, 0.29) is 5.91 Å². The number of aromatic nitrogens is 2. The summed E-state index contributed by atoms with van der Waals surface area (Å²) in [7, 11) is 1.50. The number of nitrogen functional groups attached to an aromatic ring is 1. The number of hydrogen-bond donors (Lipinski definition) is 4. The number of fused-ring (bicyclic) bond motifs is 1. The first-order valence-electron chi connectivity index (χ1n) is 8.30. The van der Waals surface area contributed by atoms with E-state index in [1.54, 1.807) is 23.4 Å². The van der Waals surface area contributed by atoms with E-state index in [0.717, 1.165) is 17.8 Å². The second-order valence-corrected chi connectivity index (χ2v) is 6.30. The Morgan fingerprint density at radius 2 is 1.93 bits per heavy atom. The van der Waals surface area contributed by atoms with Crippen molar-refractivity contribution in [2.45, 2.75) is 13.0 Å². The molecule has 154 valence electrons. The molecule has 2 aromatic rings. The molecule has 0 saturated heterocycles. The highest BCUT2D eigenvalue weighted by Gasteiger charge is 2.26. The topological polar surface area (TPSA) is 159 Å². The van der Waals surface area contributed by atoms with Crippen LogP contribution in [0.4, 0.5) is 5.69 Å². The first-order valence-corrected chi connectivity index (χ1v) is 8.68. The molecule has 0 bridgehead atoms. The van der Waals surface area contributed by atoms with E-state index in [9.17, 15) is 14.4 Å². The van der Waals surface area contributed by atoms with Gasteiger partial charge < -0.3 is 30.6 Å². The molecular formula is C18H19ClN4O6. The van der Waals surface area contributed by atoms with Gasteiger partial charge in [-0.05, 0) is 6.07 Å². The number of methoxy groups -OCH3 is 1. The van der Waals surface area contributed by atoms with Crippen molar-refractivity contribution in [3.63, 3.8) is 0 Å². The minimum atomic E-state index is -1.26. The Kier molecular flexibility index (Phi) is 7.21. The normalized spacial score (nSPS) is 12.7. The summed E-state index contributed by atoms with van der Waals surface area (Å²) in [5, 5.41) is 16.0. The maximum Gasteiger partial charge on any atom is 0.328 e. The van der Waals surface area contributed by atoms with Gasteiger partial charge in [0.15, 0.2) is 0 Å². The number of rotatable bonds is 4. The summed E-state index contributed by atoms with van der Waals surface area (Å²) in [6, 6.07) is 3.13. The molecule has 0 spiro atoms. The van der Waals surface area contributed by atoms with E-state index < -0.39 is 11.9 Å². The number of imidazole rings is 1. The Labute approximate surface area is 170 Å². The maximum absolute atomic E-state index is 12.7. The summed E-state index contributed by atoms with van der Waals surface area (Å²) in [4.78, 5) is 40.8. The molecular weight excluding hydrogens is 404 g/mol. The third-order valence-corrected chi connectivity index (χ3v) is 4.31. The standard InChI is InChI=1S/C14H15ClN4O2.C4H4O4/c1-21-13-5-10(16)9(15)4-8(13)14(20)19-3-2-11-12(6-19)18-7-17-11;5-3(6)1-2-4(7)8/h4-5,7H,2-3,6,16H2,1H3,(H,17,18);1-2H,(H,5,6)(H,7,8)/b;2-1+. The van der Waals surface area contributed by atoms with Crippen molar-refractivity contribution in [1.29, 1.82) is 0 Å². The van der Waals surface area contributed by atoms with E-state index in [1.807, 2.05) is 0 Å². The van der Waals surface area contributed by atoms with E-state index in [0.29, 0.717) is 47.3 Å². The number of hydrogen-bond acceptors (Lipinski definition) is 6. The summed E-state index contributed by atoms with van der Waals surface area (Å²) in [5.74, 6) is -2.22. The lowest BCUT2D eigenvalue weighted by Crippen LogP contribution is -2.36. The predicted octanol–water partition coefficient (Wildman–Crippen LogP) is 1.56. The zero-order chi connectivity index (χ0) is 21.6. The number of halogens is 1. The lowest BCUT2D eigenvalue weighted by Gasteiger charge is -2.27. The number of nitrogens with two attached hydrogens (primary N) is 1. The Balaban J connectivity index is 0.000000321. The smallest absolute Gasteiger partial charge is 0.328 e. The van der Waals surface area contributed by atoms with Gasteiger partial charge in [0.1, 0.15) is 5.75 Å². The third-order valence-electron chi connectivity index (χ3n) is 3.98. The summed E-state index contributed by atoms with van der Waals surface area (Å²) in [6.07, 6.45) is 3.50. The molecule has 0 saturated carbocycles. The molecule has 0 fully saturated rings. The fourth-order valence-corrected chi connectivity index (χ4v) is 2.77. The number of nitrogens with zero attached hydrogens (tertiary/aromatic N) is 2. The zero-order valence-corrected chi connectivity index (χ0v) is 16.1. The third kappa shape index (κ3) is 5.72. The van der Waals surface area contributed by atoms with Gasteiger partial charge in [-0.3, -0.25) is 4.79 Å². The van der Waals surface area contributed by atoms with Crippen LogP contribution in [0.5, 0.6) is 5.75 Å². The molecule has 2 heterocycles. The Hall–Kier alpha value is -3.53. The number of benzene rings is 1. The Morgan fingerprint density at radius 1 is 1.28 bits per heavy atom. The molecule has 1 aromatic carbocycles. The monoisotopic (exact) mass is 422 g/mol. The number of nitrogens with one attached hydrogen (secondary N) is 1. The molecule has 29 heavy (non-hydrogen) atoms. The summed E-state index contributed by atoms with van der Waals surface area (Å²) in [5.41, 5.74) is 8.53. The fourth-order valence-electron chi connectivity index (χ4n) is 2.60. The minimum Gasteiger partial charge on any atom is -0.496 e. The first-order chi connectivity index (χ1) is 13.7. The molecule has 3 rings (SSSR count). The second kappa shape index (κ2) is 9.60. The SMILES string of the molecule is COc1cc(N)c(Cl)cc1C(=O)N1CCc2nc[nH]c2C1.O=C(O)/C=C/C(=O)O. The lowest BCUT2D eigenvalue weighted by atomic mass is 10.1. The number of carboxylic acid groups (broad SMARTS) is 2. The Morgan fingerprint density at radius 3 is 2.52 bits per heavy atom. The van der Waals surface area contributed by atoms with E-state index in [4.69, 9.17) is 32.3 Å². The van der Waals surface area contributed by atoms with Crippen LogP contribution in [-0.4, -0.2) is 56.6 Å². The van der Waals surface area contributed by atoms with Crippen LogP contribution in [0.25, 0.3) is 0 Å². The van der Waals surface area contributed by atoms with Gasteiger partial charge in [-0.25, -0.2) is 14.6 Å². The van der Waals surface area contributed by atoms with Gasteiger partial charge in [0.25, 0.3) is 5.91 Å². The number of H-pyrrole nitrogens is 1. The molecule has 1 aliphatic rings. The van der Waals surface area contributed by atoms with Crippen molar-refractivity contribution in [2.24, 2.45) is 0 Å². The van der Waals surface area contributed by atoms with E-state index >= 15 is 0 Å². The molecule has 10 nitrogen and oxygen atoms in total. The Bertz CT molecular complexity index is 940. The van der Waals surface area contributed by atoms with Gasteiger partial charge >= 0.3 is 11.9 Å². The van der Waals surface area contributed by atoms with Crippen molar-refractivity contribution in [3.05, 3.63) is 52.6 Å². The van der Waals surface area contributed by atoms with Crippen LogP contribution in [0.1, 0.15) is 21.7 Å². The van der Waals surface area contributed by atoms with Gasteiger partial charge in [-0.1, -0.05) is 11.6 Å². The summed E-state index contributed by atoms with van der Waals surface area (Å²) in [6.45, 7) is 1.11. The van der Waals surface area contributed by atoms with Crippen molar-refractivity contribution in [3.8, 4) is 5.75 Å². The van der Waals surface area contributed by atoms with Crippen LogP contribution < -0.4 is 10.5 Å². The number of carbonyl (C=O) groups is 3. The fraction of sp³-hybridized carbons (Fsp3) is 0.222. The highest BCUT2D eigenvalue weighted by atomic mass is 35.5. The summed E-state index contributed by atoms with van der Waals surface area (Å²) >= 11 is 6.02. The molecule has 0 unspecified atom stereocenters. The van der Waals surface area contributed by atoms with Gasteiger partial charge in [0.05, 0.1) is 47.6 Å². The van der Waals surface area contributed by atoms with Crippen molar-refractivity contribution in [1.82, 2.24) is 14.9 Å². The average molecular weight is 423 g/mol. The van der Waals surface area contributed by atoms with Crippen molar-refractivity contribution in [2.75, 3.05) is 19.4 Å². The van der Waals surface area contributed by atoms with E-state index in [2.05, 4.69) is 9.97 Å². The number of aliphatic carboxylic acids is 2. The number of amides is 1. The molecule has 1 aliphatic heterocycles.